The molecule has 0 aliphatic carbocycles. The van der Waals surface area contributed by atoms with Crippen molar-refractivity contribution in [1.29, 1.82) is 0 Å². The van der Waals surface area contributed by atoms with Gasteiger partial charge in [-0.1, -0.05) is 23.4 Å². The Hall–Kier alpha value is -4.66. The van der Waals surface area contributed by atoms with Crippen molar-refractivity contribution < 1.29 is 23.2 Å². The molecule has 0 bridgehead atoms. The molecule has 4 aromatic rings. The van der Waals surface area contributed by atoms with Crippen LogP contribution in [-0.4, -0.2) is 23.0 Å². The van der Waals surface area contributed by atoms with Gasteiger partial charge >= 0.3 is 6.03 Å². The van der Waals surface area contributed by atoms with Crippen molar-refractivity contribution in [2.45, 2.75) is 26.8 Å². The van der Waals surface area contributed by atoms with E-state index in [9.17, 15) is 9.18 Å². The molecule has 2 aliphatic heterocycles. The topological polar surface area (TPSA) is 89.7 Å². The molecule has 0 saturated carbocycles. The molecule has 8 nitrogen and oxygen atoms in total. The molecule has 2 amide bonds. The number of rotatable bonds is 4. The van der Waals surface area contributed by atoms with E-state index in [1.165, 1.54) is 12.1 Å². The van der Waals surface area contributed by atoms with E-state index in [2.05, 4.69) is 15.5 Å². The van der Waals surface area contributed by atoms with E-state index in [1.54, 1.807) is 29.2 Å². The number of carbonyl (C=O) groups is 1. The first-order valence-corrected chi connectivity index (χ1v) is 11.8. The van der Waals surface area contributed by atoms with E-state index in [1.807, 2.05) is 45.0 Å². The fourth-order valence-corrected chi connectivity index (χ4v) is 4.62. The number of hydrogen-bond acceptors (Lipinski definition) is 6. The predicted molar refractivity (Wildman–Crippen MR) is 135 cm³/mol. The Morgan fingerprint density at radius 1 is 0.973 bits per heavy atom. The third kappa shape index (κ3) is 3.98. The molecule has 0 saturated heterocycles. The van der Waals surface area contributed by atoms with Gasteiger partial charge in [0.15, 0.2) is 11.5 Å². The van der Waals surface area contributed by atoms with Gasteiger partial charge in [-0.2, -0.15) is 4.98 Å². The molecule has 2 aliphatic rings. The first-order chi connectivity index (χ1) is 17.9. The van der Waals surface area contributed by atoms with Crippen LogP contribution in [0.4, 0.5) is 14.9 Å². The standard InChI is InChI=1S/C28H23FN4O4/c1-15-7-9-21(11-16(15)2)33-17(3)24(25(30-28(33)34)18-5-4-6-20(29)12-18)27-31-26(32-37-27)19-8-10-22-23(13-19)36-14-35-22/h4-13,25H,14H2,1-3H3,(H,30,34). The number of aryl methyl sites for hydroxylation is 2. The molecule has 37 heavy (non-hydrogen) atoms. The fourth-order valence-electron chi connectivity index (χ4n) is 4.62. The summed E-state index contributed by atoms with van der Waals surface area (Å²) in [5.74, 6) is 1.40. The molecule has 0 spiro atoms. The average molecular weight is 499 g/mol. The van der Waals surface area contributed by atoms with Crippen LogP contribution in [-0.2, 0) is 0 Å². The highest BCUT2D eigenvalue weighted by molar-refractivity contribution is 6.01. The lowest BCUT2D eigenvalue weighted by Gasteiger charge is -2.35. The number of ether oxygens (including phenoxy) is 2. The molecule has 0 radical (unpaired) electrons. The summed E-state index contributed by atoms with van der Waals surface area (Å²) in [4.78, 5) is 19.6. The van der Waals surface area contributed by atoms with Crippen LogP contribution in [0.15, 0.2) is 70.9 Å². The van der Waals surface area contributed by atoms with Gasteiger partial charge in [0.2, 0.25) is 12.6 Å². The Bertz CT molecular complexity index is 1580. The van der Waals surface area contributed by atoms with Crippen LogP contribution < -0.4 is 19.7 Å². The van der Waals surface area contributed by atoms with Crippen molar-refractivity contribution >= 4 is 17.3 Å². The summed E-state index contributed by atoms with van der Waals surface area (Å²) < 4.78 is 30.8. The molecule has 1 N–H and O–H groups in total. The van der Waals surface area contributed by atoms with E-state index < -0.39 is 11.9 Å². The molecule has 1 atom stereocenters. The van der Waals surface area contributed by atoms with Crippen molar-refractivity contribution in [3.63, 3.8) is 0 Å². The summed E-state index contributed by atoms with van der Waals surface area (Å²) in [5, 5.41) is 7.19. The predicted octanol–water partition coefficient (Wildman–Crippen LogP) is 5.92. The zero-order chi connectivity index (χ0) is 25.7. The summed E-state index contributed by atoms with van der Waals surface area (Å²) in [6, 6.07) is 16.3. The van der Waals surface area contributed by atoms with Crippen LogP contribution >= 0.6 is 0 Å². The largest absolute Gasteiger partial charge is 0.454 e. The summed E-state index contributed by atoms with van der Waals surface area (Å²) in [6.45, 7) is 5.98. The lowest BCUT2D eigenvalue weighted by atomic mass is 9.94. The molecule has 6 rings (SSSR count). The number of allylic oxidation sites excluding steroid dienone is 1. The van der Waals surface area contributed by atoms with E-state index in [0.29, 0.717) is 45.4 Å². The first kappa shape index (κ1) is 22.8. The second-order valence-corrected chi connectivity index (χ2v) is 9.03. The van der Waals surface area contributed by atoms with Crippen molar-refractivity contribution in [1.82, 2.24) is 15.5 Å². The van der Waals surface area contributed by atoms with E-state index in [0.717, 1.165) is 11.1 Å². The smallest absolute Gasteiger partial charge is 0.326 e. The van der Waals surface area contributed by atoms with Gasteiger partial charge in [0.05, 0.1) is 17.3 Å². The number of amides is 2. The lowest BCUT2D eigenvalue weighted by Crippen LogP contribution is -2.46. The monoisotopic (exact) mass is 498 g/mol. The summed E-state index contributed by atoms with van der Waals surface area (Å²) in [5.41, 5.74) is 5.28. The molecular weight excluding hydrogens is 475 g/mol. The lowest BCUT2D eigenvalue weighted by molar-refractivity contribution is 0.174. The number of anilines is 1. The van der Waals surface area contributed by atoms with Crippen molar-refractivity contribution in [2.24, 2.45) is 0 Å². The van der Waals surface area contributed by atoms with Crippen LogP contribution in [0.25, 0.3) is 17.0 Å². The highest BCUT2D eigenvalue weighted by atomic mass is 19.1. The van der Waals surface area contributed by atoms with Crippen LogP contribution in [0.2, 0.25) is 0 Å². The number of urea groups is 1. The molecule has 3 aromatic carbocycles. The molecule has 186 valence electrons. The van der Waals surface area contributed by atoms with Gasteiger partial charge in [0.25, 0.3) is 5.89 Å². The number of nitrogens with one attached hydrogen (secondary N) is 1. The maximum Gasteiger partial charge on any atom is 0.326 e. The van der Waals surface area contributed by atoms with E-state index in [-0.39, 0.29) is 18.7 Å². The van der Waals surface area contributed by atoms with Crippen LogP contribution in [0.3, 0.4) is 0 Å². The molecular formula is C28H23FN4O4. The third-order valence-electron chi connectivity index (χ3n) is 6.70. The van der Waals surface area contributed by atoms with Crippen LogP contribution in [0, 0.1) is 19.7 Å². The number of carbonyl (C=O) groups excluding carboxylic acids is 1. The molecule has 3 heterocycles. The zero-order valence-electron chi connectivity index (χ0n) is 20.4. The number of hydrogen-bond donors (Lipinski definition) is 1. The summed E-state index contributed by atoms with van der Waals surface area (Å²) in [6.07, 6.45) is 0. The Morgan fingerprint density at radius 2 is 1.81 bits per heavy atom. The van der Waals surface area contributed by atoms with Gasteiger partial charge in [-0.05, 0) is 79.9 Å². The maximum absolute atomic E-state index is 14.2. The first-order valence-electron chi connectivity index (χ1n) is 11.8. The van der Waals surface area contributed by atoms with Gasteiger partial charge in [-0.15, -0.1) is 0 Å². The molecule has 0 fully saturated rings. The SMILES string of the molecule is CC1=C(c2nc(-c3ccc4c(c3)OCO4)no2)C(c2cccc(F)c2)NC(=O)N1c1ccc(C)c(C)c1. The summed E-state index contributed by atoms with van der Waals surface area (Å²) >= 11 is 0. The van der Waals surface area contributed by atoms with E-state index in [4.69, 9.17) is 14.0 Å². The number of fused-ring (bicyclic) bond motifs is 1. The van der Waals surface area contributed by atoms with Crippen molar-refractivity contribution in [2.75, 3.05) is 11.7 Å². The van der Waals surface area contributed by atoms with E-state index >= 15 is 0 Å². The number of nitrogens with zero attached hydrogens (tertiary/aromatic N) is 3. The Kier molecular flexibility index (Phi) is 5.40. The van der Waals surface area contributed by atoms with Gasteiger partial charge in [-0.25, -0.2) is 9.18 Å². The van der Waals surface area contributed by atoms with Crippen LogP contribution in [0.1, 0.15) is 35.5 Å². The van der Waals surface area contributed by atoms with Gasteiger partial charge < -0.3 is 19.3 Å². The Labute approximate surface area is 212 Å². The van der Waals surface area contributed by atoms with Crippen LogP contribution in [0.5, 0.6) is 11.5 Å². The van der Waals surface area contributed by atoms with Crippen molar-refractivity contribution in [3.05, 3.63) is 94.8 Å². The molecule has 1 unspecified atom stereocenters. The maximum atomic E-state index is 14.2. The molecule has 9 heteroatoms. The quantitative estimate of drug-likeness (QED) is 0.376. The zero-order valence-corrected chi connectivity index (χ0v) is 20.4. The third-order valence-corrected chi connectivity index (χ3v) is 6.70. The highest BCUT2D eigenvalue weighted by Crippen LogP contribution is 2.40. The van der Waals surface area contributed by atoms with Crippen molar-refractivity contribution in [3.8, 4) is 22.9 Å². The Balaban J connectivity index is 1.48. The second-order valence-electron chi connectivity index (χ2n) is 9.03. The van der Waals surface area contributed by atoms with Gasteiger partial charge in [-0.3, -0.25) is 4.90 Å². The number of benzene rings is 3. The average Bonchev–Trinajstić information content (AvgIpc) is 3.55. The number of halogens is 1. The fraction of sp³-hybridized carbons (Fsp3) is 0.179. The minimum absolute atomic E-state index is 0.158. The van der Waals surface area contributed by atoms with Gasteiger partial charge in [0.1, 0.15) is 5.82 Å². The minimum atomic E-state index is -0.698. The number of aromatic nitrogens is 2. The minimum Gasteiger partial charge on any atom is -0.454 e. The Morgan fingerprint density at radius 3 is 2.62 bits per heavy atom. The van der Waals surface area contributed by atoms with Gasteiger partial charge in [0, 0.05) is 11.3 Å². The summed E-state index contributed by atoms with van der Waals surface area (Å²) in [7, 11) is 0. The second kappa shape index (κ2) is 8.77. The molecule has 1 aromatic heterocycles. The highest BCUT2D eigenvalue weighted by Gasteiger charge is 2.37. The normalized spacial score (nSPS) is 16.8.